The summed E-state index contributed by atoms with van der Waals surface area (Å²) in [5.41, 5.74) is 0. The first-order valence-electron chi connectivity index (χ1n) is 10.3. The van der Waals surface area contributed by atoms with E-state index in [0.29, 0.717) is 13.0 Å². The molecule has 0 unspecified atom stereocenters. The quantitative estimate of drug-likeness (QED) is 0.291. The number of benzene rings is 1. The van der Waals surface area contributed by atoms with Gasteiger partial charge in [0, 0.05) is 69.6 Å². The highest BCUT2D eigenvalue weighted by molar-refractivity contribution is 7.99. The van der Waals surface area contributed by atoms with Crippen LogP contribution in [-0.2, 0) is 4.79 Å². The molecule has 1 aliphatic heterocycles. The second-order valence-corrected chi connectivity index (χ2v) is 8.06. The van der Waals surface area contributed by atoms with Gasteiger partial charge in [0.05, 0.1) is 0 Å². The van der Waals surface area contributed by atoms with Crippen molar-refractivity contribution in [3.63, 3.8) is 0 Å². The molecule has 0 bridgehead atoms. The van der Waals surface area contributed by atoms with E-state index < -0.39 is 0 Å². The highest BCUT2D eigenvalue weighted by Crippen LogP contribution is 2.15. The molecule has 0 saturated carbocycles. The first-order valence-corrected chi connectivity index (χ1v) is 11.3. The summed E-state index contributed by atoms with van der Waals surface area (Å²) in [5.74, 6) is 2.84. The smallest absolute Gasteiger partial charge is 0.224 e. The fourth-order valence-electron chi connectivity index (χ4n) is 3.25. The molecule has 8 heteroatoms. The Morgan fingerprint density at radius 2 is 1.77 bits per heavy atom. The first kappa shape index (κ1) is 22.0. The number of carbonyl (C=O) groups is 1. The van der Waals surface area contributed by atoms with Crippen LogP contribution in [0.1, 0.15) is 6.42 Å². The molecule has 0 atom stereocenters. The normalized spacial score (nSPS) is 14.5. The van der Waals surface area contributed by atoms with Crippen LogP contribution in [0, 0.1) is 0 Å². The molecule has 0 spiro atoms. The van der Waals surface area contributed by atoms with Gasteiger partial charge in [0.1, 0.15) is 5.82 Å². The van der Waals surface area contributed by atoms with Crippen molar-refractivity contribution in [3.05, 3.63) is 54.7 Å². The highest BCUT2D eigenvalue weighted by Gasteiger charge is 2.21. The van der Waals surface area contributed by atoms with Gasteiger partial charge in [-0.3, -0.25) is 9.79 Å². The molecule has 160 valence electrons. The molecule has 0 aliphatic carbocycles. The molecular weight excluding hydrogens is 396 g/mol. The Balaban J connectivity index is 1.29. The molecule has 2 N–H and O–H groups in total. The highest BCUT2D eigenvalue weighted by atomic mass is 32.2. The van der Waals surface area contributed by atoms with Gasteiger partial charge in [-0.15, -0.1) is 11.8 Å². The number of amides is 1. The van der Waals surface area contributed by atoms with E-state index in [1.54, 1.807) is 25.0 Å². The molecule has 7 nitrogen and oxygen atoms in total. The molecule has 2 aromatic rings. The van der Waals surface area contributed by atoms with E-state index in [1.165, 1.54) is 4.90 Å². The summed E-state index contributed by atoms with van der Waals surface area (Å²) in [6.45, 7) is 4.49. The molecule has 1 saturated heterocycles. The number of hydrogen-bond donors (Lipinski definition) is 2. The Bertz CT molecular complexity index is 794. The predicted molar refractivity (Wildman–Crippen MR) is 124 cm³/mol. The van der Waals surface area contributed by atoms with Gasteiger partial charge in [-0.2, -0.15) is 0 Å². The van der Waals surface area contributed by atoms with Crippen molar-refractivity contribution in [3.8, 4) is 0 Å². The maximum Gasteiger partial charge on any atom is 0.224 e. The molecule has 1 aromatic carbocycles. The Morgan fingerprint density at radius 3 is 2.47 bits per heavy atom. The Hall–Kier alpha value is -2.74. The van der Waals surface area contributed by atoms with Crippen LogP contribution < -0.4 is 15.5 Å². The summed E-state index contributed by atoms with van der Waals surface area (Å²) >= 11 is 1.80. The van der Waals surface area contributed by atoms with E-state index in [-0.39, 0.29) is 5.91 Å². The average molecular weight is 427 g/mol. The number of guanidine groups is 1. The Kier molecular flexibility index (Phi) is 8.83. The van der Waals surface area contributed by atoms with Crippen LogP contribution in [-0.4, -0.2) is 73.8 Å². The third kappa shape index (κ3) is 6.95. The Morgan fingerprint density at radius 1 is 1.03 bits per heavy atom. The largest absolute Gasteiger partial charge is 0.356 e. The number of rotatable bonds is 8. The van der Waals surface area contributed by atoms with Crippen LogP contribution in [0.25, 0.3) is 0 Å². The van der Waals surface area contributed by atoms with Gasteiger partial charge in [0.25, 0.3) is 0 Å². The van der Waals surface area contributed by atoms with Crippen LogP contribution >= 0.6 is 11.8 Å². The minimum Gasteiger partial charge on any atom is -0.356 e. The van der Waals surface area contributed by atoms with Crippen molar-refractivity contribution in [1.82, 2.24) is 20.5 Å². The second kappa shape index (κ2) is 12.1. The number of thioether (sulfide) groups is 1. The number of carbonyl (C=O) groups excluding carboxylic acids is 1. The van der Waals surface area contributed by atoms with Crippen LogP contribution in [0.5, 0.6) is 0 Å². The number of nitrogens with zero attached hydrogens (tertiary/aromatic N) is 4. The molecule has 3 rings (SSSR count). The van der Waals surface area contributed by atoms with Gasteiger partial charge in [-0.25, -0.2) is 4.98 Å². The van der Waals surface area contributed by atoms with Crippen LogP contribution in [0.15, 0.2) is 64.6 Å². The van der Waals surface area contributed by atoms with E-state index in [2.05, 4.69) is 37.6 Å². The molecule has 1 amide bonds. The fraction of sp³-hybridized carbons (Fsp3) is 0.409. The third-order valence-corrected chi connectivity index (χ3v) is 5.88. The van der Waals surface area contributed by atoms with Crippen molar-refractivity contribution in [2.75, 3.05) is 57.0 Å². The second-order valence-electron chi connectivity index (χ2n) is 6.89. The molecule has 0 radical (unpaired) electrons. The van der Waals surface area contributed by atoms with E-state index in [9.17, 15) is 4.79 Å². The molecule has 1 aromatic heterocycles. The van der Waals surface area contributed by atoms with E-state index in [0.717, 1.165) is 50.3 Å². The average Bonchev–Trinajstić information content (AvgIpc) is 2.82. The number of nitrogens with one attached hydrogen (secondary N) is 2. The van der Waals surface area contributed by atoms with Gasteiger partial charge in [0.15, 0.2) is 5.96 Å². The lowest BCUT2D eigenvalue weighted by molar-refractivity contribution is -0.131. The third-order valence-electron chi connectivity index (χ3n) is 4.87. The molecule has 2 heterocycles. The molecule has 30 heavy (non-hydrogen) atoms. The monoisotopic (exact) mass is 426 g/mol. The molecule has 1 fully saturated rings. The van der Waals surface area contributed by atoms with Gasteiger partial charge in [0.2, 0.25) is 5.91 Å². The van der Waals surface area contributed by atoms with E-state index in [4.69, 9.17) is 0 Å². The summed E-state index contributed by atoms with van der Waals surface area (Å²) in [6.07, 6.45) is 2.27. The molecule has 1 aliphatic rings. The number of pyridine rings is 1. The van der Waals surface area contributed by atoms with Crippen molar-refractivity contribution in [1.29, 1.82) is 0 Å². The zero-order valence-electron chi connectivity index (χ0n) is 17.5. The van der Waals surface area contributed by atoms with Gasteiger partial charge >= 0.3 is 0 Å². The summed E-state index contributed by atoms with van der Waals surface area (Å²) in [4.78, 5) is 26.6. The van der Waals surface area contributed by atoms with E-state index in [1.807, 2.05) is 41.3 Å². The van der Waals surface area contributed by atoms with Crippen molar-refractivity contribution >= 4 is 29.4 Å². The van der Waals surface area contributed by atoms with Gasteiger partial charge < -0.3 is 20.4 Å². The lowest BCUT2D eigenvalue weighted by atomic mass is 10.2. The SMILES string of the molecule is CN=C(NCCSc1ccccc1)NCCC(=O)N1CCN(c2ccccn2)CC1. The van der Waals surface area contributed by atoms with Crippen molar-refractivity contribution < 1.29 is 4.79 Å². The van der Waals surface area contributed by atoms with Crippen molar-refractivity contribution in [2.45, 2.75) is 11.3 Å². The van der Waals surface area contributed by atoms with Gasteiger partial charge in [-0.1, -0.05) is 24.3 Å². The standard InChI is InChI=1S/C22H30N6OS/c1-23-22(26-13-18-30-19-7-3-2-4-8-19)25-12-10-21(29)28-16-14-27(15-17-28)20-9-5-6-11-24-20/h2-9,11H,10,12-18H2,1H3,(H2,23,25,26). The minimum atomic E-state index is 0.179. The predicted octanol–water partition coefficient (Wildman–Crippen LogP) is 2.08. The lowest BCUT2D eigenvalue weighted by Gasteiger charge is -2.35. The number of aromatic nitrogens is 1. The Labute approximate surface area is 183 Å². The van der Waals surface area contributed by atoms with Crippen LogP contribution in [0.3, 0.4) is 0 Å². The summed E-state index contributed by atoms with van der Waals surface area (Å²) < 4.78 is 0. The maximum absolute atomic E-state index is 12.5. The minimum absolute atomic E-state index is 0.179. The summed E-state index contributed by atoms with van der Waals surface area (Å²) in [5, 5.41) is 6.53. The van der Waals surface area contributed by atoms with Crippen LogP contribution in [0.4, 0.5) is 5.82 Å². The first-order chi connectivity index (χ1) is 14.8. The maximum atomic E-state index is 12.5. The number of hydrogen-bond acceptors (Lipinski definition) is 5. The lowest BCUT2D eigenvalue weighted by Crippen LogP contribution is -2.49. The van der Waals surface area contributed by atoms with Crippen molar-refractivity contribution in [2.24, 2.45) is 4.99 Å². The zero-order chi connectivity index (χ0) is 21.0. The summed E-state index contributed by atoms with van der Waals surface area (Å²) in [6, 6.07) is 16.3. The van der Waals surface area contributed by atoms with Gasteiger partial charge in [-0.05, 0) is 24.3 Å². The molecular formula is C22H30N6OS. The zero-order valence-corrected chi connectivity index (χ0v) is 18.3. The number of aliphatic imine (C=N–C) groups is 1. The topological polar surface area (TPSA) is 72.9 Å². The number of piperazine rings is 1. The fourth-order valence-corrected chi connectivity index (χ4v) is 4.04. The van der Waals surface area contributed by atoms with Crippen LogP contribution in [0.2, 0.25) is 0 Å². The van der Waals surface area contributed by atoms with E-state index >= 15 is 0 Å². The number of anilines is 1. The summed E-state index contributed by atoms with van der Waals surface area (Å²) in [7, 11) is 1.75.